The van der Waals surface area contributed by atoms with Crippen molar-refractivity contribution in [3.63, 3.8) is 0 Å². The zero-order chi connectivity index (χ0) is 19.1. The second-order valence-corrected chi connectivity index (χ2v) is 8.05. The van der Waals surface area contributed by atoms with Crippen molar-refractivity contribution in [1.82, 2.24) is 10.2 Å². The summed E-state index contributed by atoms with van der Waals surface area (Å²) >= 11 is 6.07. The molecule has 1 amide bonds. The Morgan fingerprint density at radius 2 is 1.81 bits per heavy atom. The maximum absolute atomic E-state index is 12.6. The van der Waals surface area contributed by atoms with E-state index in [0.29, 0.717) is 0 Å². The van der Waals surface area contributed by atoms with Crippen LogP contribution in [-0.4, -0.2) is 29.9 Å². The van der Waals surface area contributed by atoms with Gasteiger partial charge in [-0.1, -0.05) is 54.1 Å². The summed E-state index contributed by atoms with van der Waals surface area (Å²) in [5.74, 6) is 0.359. The highest BCUT2D eigenvalue weighted by Gasteiger charge is 2.25. The fraction of sp³-hybridized carbons (Fsp3) is 0.435. The first kappa shape index (κ1) is 19.9. The van der Waals surface area contributed by atoms with E-state index < -0.39 is 0 Å². The molecule has 2 aromatic carbocycles. The Hall–Kier alpha value is -1.84. The maximum atomic E-state index is 12.6. The number of rotatable bonds is 7. The molecular weight excluding hydrogens is 356 g/mol. The van der Waals surface area contributed by atoms with Crippen molar-refractivity contribution in [2.45, 2.75) is 45.2 Å². The van der Waals surface area contributed by atoms with E-state index in [0.717, 1.165) is 50.3 Å². The minimum absolute atomic E-state index is 0.139. The smallest absolute Gasteiger partial charge is 0.223 e. The number of carbonyl (C=O) groups is 1. The van der Waals surface area contributed by atoms with Crippen molar-refractivity contribution in [1.29, 1.82) is 0 Å². The number of piperidine rings is 1. The van der Waals surface area contributed by atoms with E-state index in [9.17, 15) is 4.79 Å². The Balaban J connectivity index is 1.39. The van der Waals surface area contributed by atoms with Gasteiger partial charge in [-0.25, -0.2) is 0 Å². The van der Waals surface area contributed by atoms with Gasteiger partial charge in [-0.2, -0.15) is 0 Å². The van der Waals surface area contributed by atoms with Gasteiger partial charge in [0.2, 0.25) is 5.91 Å². The number of benzene rings is 2. The highest BCUT2D eigenvalue weighted by atomic mass is 35.5. The van der Waals surface area contributed by atoms with Gasteiger partial charge in [-0.15, -0.1) is 0 Å². The highest BCUT2D eigenvalue weighted by Crippen LogP contribution is 2.20. The summed E-state index contributed by atoms with van der Waals surface area (Å²) in [6.45, 7) is 4.93. The van der Waals surface area contributed by atoms with Crippen LogP contribution in [0.5, 0.6) is 0 Å². The molecule has 0 spiro atoms. The van der Waals surface area contributed by atoms with Crippen molar-refractivity contribution < 1.29 is 4.79 Å². The average Bonchev–Trinajstić information content (AvgIpc) is 2.68. The normalized spacial score (nSPS) is 16.8. The van der Waals surface area contributed by atoms with Gasteiger partial charge >= 0.3 is 0 Å². The third kappa shape index (κ3) is 6.37. The molecule has 2 aromatic rings. The first-order valence-corrected chi connectivity index (χ1v) is 10.3. The second kappa shape index (κ2) is 9.91. The zero-order valence-electron chi connectivity index (χ0n) is 16.0. The molecule has 27 heavy (non-hydrogen) atoms. The Morgan fingerprint density at radius 1 is 1.11 bits per heavy atom. The lowest BCUT2D eigenvalue weighted by molar-refractivity contribution is -0.127. The summed E-state index contributed by atoms with van der Waals surface area (Å²) in [6.07, 6.45) is 3.83. The molecule has 1 aliphatic rings. The predicted molar refractivity (Wildman–Crippen MR) is 112 cm³/mol. The number of nitrogens with one attached hydrogen (secondary N) is 1. The largest absolute Gasteiger partial charge is 0.353 e. The van der Waals surface area contributed by atoms with E-state index in [4.69, 9.17) is 11.6 Å². The standard InChI is InChI=1S/C23H29ClN2O/c1-18(10-11-19-6-3-2-4-7-19)25-23(27)21-12-14-26(15-13-21)17-20-8-5-9-22(24)16-20/h2-9,16,18,21H,10-15,17H2,1H3,(H,25,27)/t18-/m1/s1. The van der Waals surface area contributed by atoms with E-state index >= 15 is 0 Å². The lowest BCUT2D eigenvalue weighted by Crippen LogP contribution is -2.43. The number of nitrogens with zero attached hydrogens (tertiary/aromatic N) is 1. The van der Waals surface area contributed by atoms with Gasteiger partial charge in [0.1, 0.15) is 0 Å². The van der Waals surface area contributed by atoms with E-state index in [1.807, 2.05) is 24.3 Å². The number of likely N-dealkylation sites (tertiary alicyclic amines) is 1. The van der Waals surface area contributed by atoms with Crippen LogP contribution in [0.1, 0.15) is 37.3 Å². The fourth-order valence-electron chi connectivity index (χ4n) is 3.71. The summed E-state index contributed by atoms with van der Waals surface area (Å²) < 4.78 is 0. The summed E-state index contributed by atoms with van der Waals surface area (Å²) in [7, 11) is 0. The lowest BCUT2D eigenvalue weighted by Gasteiger charge is -2.32. The van der Waals surface area contributed by atoms with Crippen LogP contribution in [0, 0.1) is 5.92 Å². The summed E-state index contributed by atoms with van der Waals surface area (Å²) in [6, 6.07) is 18.7. The summed E-state index contributed by atoms with van der Waals surface area (Å²) in [5.41, 5.74) is 2.56. The molecule has 144 valence electrons. The van der Waals surface area contributed by atoms with Gasteiger partial charge in [0.05, 0.1) is 0 Å². The molecule has 1 aliphatic heterocycles. The van der Waals surface area contributed by atoms with Crippen LogP contribution in [0.15, 0.2) is 54.6 Å². The average molecular weight is 385 g/mol. The molecule has 0 bridgehead atoms. The van der Waals surface area contributed by atoms with Crippen molar-refractivity contribution in [2.75, 3.05) is 13.1 Å². The third-order valence-electron chi connectivity index (χ3n) is 5.35. The Bertz CT molecular complexity index is 726. The van der Waals surface area contributed by atoms with Gasteiger partial charge < -0.3 is 5.32 Å². The van der Waals surface area contributed by atoms with Gasteiger partial charge in [0.15, 0.2) is 0 Å². The van der Waals surface area contributed by atoms with Crippen molar-refractivity contribution in [2.24, 2.45) is 5.92 Å². The zero-order valence-corrected chi connectivity index (χ0v) is 16.8. The van der Waals surface area contributed by atoms with Crippen LogP contribution in [0.2, 0.25) is 5.02 Å². The van der Waals surface area contributed by atoms with Gasteiger partial charge in [0, 0.05) is 23.5 Å². The highest BCUT2D eigenvalue weighted by molar-refractivity contribution is 6.30. The number of aryl methyl sites for hydroxylation is 1. The van der Waals surface area contributed by atoms with Crippen LogP contribution in [0.4, 0.5) is 0 Å². The topological polar surface area (TPSA) is 32.3 Å². The number of hydrogen-bond acceptors (Lipinski definition) is 2. The second-order valence-electron chi connectivity index (χ2n) is 7.61. The predicted octanol–water partition coefficient (Wildman–Crippen LogP) is 4.69. The molecule has 1 heterocycles. The van der Waals surface area contributed by atoms with E-state index in [-0.39, 0.29) is 17.9 Å². The molecule has 0 radical (unpaired) electrons. The molecule has 1 N–H and O–H groups in total. The van der Waals surface area contributed by atoms with Crippen LogP contribution in [-0.2, 0) is 17.8 Å². The minimum Gasteiger partial charge on any atom is -0.353 e. The minimum atomic E-state index is 0.139. The first-order valence-electron chi connectivity index (χ1n) is 9.91. The molecule has 3 rings (SSSR count). The molecule has 0 aromatic heterocycles. The Kier molecular flexibility index (Phi) is 7.31. The van der Waals surface area contributed by atoms with E-state index in [1.54, 1.807) is 0 Å². The molecular formula is C23H29ClN2O. The molecule has 0 unspecified atom stereocenters. The number of hydrogen-bond donors (Lipinski definition) is 1. The monoisotopic (exact) mass is 384 g/mol. The van der Waals surface area contributed by atoms with Gasteiger partial charge in [0.25, 0.3) is 0 Å². The van der Waals surface area contributed by atoms with E-state index in [2.05, 4.69) is 47.5 Å². The molecule has 3 nitrogen and oxygen atoms in total. The quantitative estimate of drug-likeness (QED) is 0.751. The number of halogens is 1. The van der Waals surface area contributed by atoms with Crippen LogP contribution < -0.4 is 5.32 Å². The molecule has 1 atom stereocenters. The number of carbonyl (C=O) groups excluding carboxylic acids is 1. The van der Waals surface area contributed by atoms with Crippen LogP contribution in [0.25, 0.3) is 0 Å². The van der Waals surface area contributed by atoms with Crippen molar-refractivity contribution in [3.05, 3.63) is 70.7 Å². The van der Waals surface area contributed by atoms with Crippen molar-refractivity contribution >= 4 is 17.5 Å². The molecule has 1 fully saturated rings. The van der Waals surface area contributed by atoms with Gasteiger partial charge in [-0.3, -0.25) is 9.69 Å². The molecule has 0 aliphatic carbocycles. The lowest BCUT2D eigenvalue weighted by atomic mass is 9.95. The SMILES string of the molecule is C[C@H](CCc1ccccc1)NC(=O)C1CCN(Cc2cccc(Cl)c2)CC1. The fourth-order valence-corrected chi connectivity index (χ4v) is 3.92. The molecule has 1 saturated heterocycles. The van der Waals surface area contributed by atoms with Gasteiger partial charge in [-0.05, 0) is 69.0 Å². The first-order chi connectivity index (χ1) is 13.1. The van der Waals surface area contributed by atoms with E-state index in [1.165, 1.54) is 11.1 Å². The maximum Gasteiger partial charge on any atom is 0.223 e. The summed E-state index contributed by atoms with van der Waals surface area (Å²) in [5, 5.41) is 4.00. The third-order valence-corrected chi connectivity index (χ3v) is 5.59. The molecule has 0 saturated carbocycles. The van der Waals surface area contributed by atoms with Crippen LogP contribution in [0.3, 0.4) is 0 Å². The van der Waals surface area contributed by atoms with Crippen LogP contribution >= 0.6 is 11.6 Å². The Morgan fingerprint density at radius 3 is 2.52 bits per heavy atom. The number of amides is 1. The molecule has 4 heteroatoms. The summed E-state index contributed by atoms with van der Waals surface area (Å²) in [4.78, 5) is 15.0. The Labute approximate surface area is 167 Å². The van der Waals surface area contributed by atoms with Crippen molar-refractivity contribution in [3.8, 4) is 0 Å².